The van der Waals surface area contributed by atoms with Crippen molar-refractivity contribution in [2.45, 2.75) is 26.2 Å². The Labute approximate surface area is 121 Å². The van der Waals surface area contributed by atoms with Crippen LogP contribution in [-0.4, -0.2) is 32.7 Å². The first kappa shape index (κ1) is 14.9. The second-order valence-electron chi connectivity index (χ2n) is 5.25. The first-order valence-corrected chi connectivity index (χ1v) is 7.39. The molecule has 0 spiro atoms. The molecule has 0 radical (unpaired) electrons. The van der Waals surface area contributed by atoms with Gasteiger partial charge in [-0.2, -0.15) is 0 Å². The average molecular weight is 276 g/mol. The molecule has 1 aliphatic heterocycles. The van der Waals surface area contributed by atoms with Gasteiger partial charge in [0.2, 0.25) is 5.91 Å². The lowest BCUT2D eigenvalue weighted by Crippen LogP contribution is -2.39. The summed E-state index contributed by atoms with van der Waals surface area (Å²) in [4.78, 5) is 14.2. The van der Waals surface area contributed by atoms with Gasteiger partial charge in [0.15, 0.2) is 0 Å². The van der Waals surface area contributed by atoms with E-state index in [2.05, 4.69) is 5.32 Å². The zero-order valence-corrected chi connectivity index (χ0v) is 12.4. The number of nitrogens with zero attached hydrogens (tertiary/aromatic N) is 1. The van der Waals surface area contributed by atoms with E-state index >= 15 is 0 Å². The number of hydrogen-bond donors (Lipinski definition) is 1. The summed E-state index contributed by atoms with van der Waals surface area (Å²) in [5, 5.41) is 3.37. The average Bonchev–Trinajstić information content (AvgIpc) is 2.53. The van der Waals surface area contributed by atoms with Crippen molar-refractivity contribution < 1.29 is 9.53 Å². The van der Waals surface area contributed by atoms with E-state index in [0.29, 0.717) is 12.3 Å². The van der Waals surface area contributed by atoms with Crippen LogP contribution in [0, 0.1) is 5.92 Å². The summed E-state index contributed by atoms with van der Waals surface area (Å²) in [5.74, 6) is 1.55. The van der Waals surface area contributed by atoms with Crippen LogP contribution in [0.3, 0.4) is 0 Å². The lowest BCUT2D eigenvalue weighted by atomic mass is 9.97. The van der Waals surface area contributed by atoms with Crippen LogP contribution < -0.4 is 15.0 Å². The first-order valence-electron chi connectivity index (χ1n) is 7.39. The van der Waals surface area contributed by atoms with Crippen LogP contribution in [0.25, 0.3) is 0 Å². The highest BCUT2D eigenvalue weighted by Gasteiger charge is 2.21. The number of rotatable bonds is 5. The monoisotopic (exact) mass is 276 g/mol. The fourth-order valence-electron chi connectivity index (χ4n) is 2.64. The van der Waals surface area contributed by atoms with E-state index in [0.717, 1.165) is 43.9 Å². The third-order valence-corrected chi connectivity index (χ3v) is 3.87. The summed E-state index contributed by atoms with van der Waals surface area (Å²) in [6, 6.07) is 7.76. The van der Waals surface area contributed by atoms with E-state index in [-0.39, 0.29) is 5.91 Å². The highest BCUT2D eigenvalue weighted by Crippen LogP contribution is 2.24. The minimum Gasteiger partial charge on any atom is -0.497 e. The van der Waals surface area contributed by atoms with Gasteiger partial charge in [-0.1, -0.05) is 13.0 Å². The Kier molecular flexibility index (Phi) is 5.41. The number of methoxy groups -OCH3 is 1. The van der Waals surface area contributed by atoms with Crippen LogP contribution in [0.5, 0.6) is 5.75 Å². The maximum atomic E-state index is 12.3. The molecule has 0 saturated carbocycles. The predicted octanol–water partition coefficient (Wildman–Crippen LogP) is 2.44. The SMILES string of the molecule is CCC(=O)N(CC1CCNCC1)c1cccc(OC)c1. The van der Waals surface area contributed by atoms with Crippen LogP contribution >= 0.6 is 0 Å². The highest BCUT2D eigenvalue weighted by atomic mass is 16.5. The third kappa shape index (κ3) is 3.73. The van der Waals surface area contributed by atoms with E-state index in [1.54, 1.807) is 7.11 Å². The molecule has 4 heteroatoms. The Balaban J connectivity index is 2.15. The molecule has 0 aromatic heterocycles. The molecule has 0 bridgehead atoms. The third-order valence-electron chi connectivity index (χ3n) is 3.87. The normalized spacial score (nSPS) is 15.9. The molecule has 20 heavy (non-hydrogen) atoms. The van der Waals surface area contributed by atoms with Gasteiger partial charge in [-0.05, 0) is 44.0 Å². The second kappa shape index (κ2) is 7.29. The van der Waals surface area contributed by atoms with Crippen molar-refractivity contribution in [2.24, 2.45) is 5.92 Å². The first-order chi connectivity index (χ1) is 9.74. The van der Waals surface area contributed by atoms with Gasteiger partial charge < -0.3 is 15.0 Å². The molecule has 1 aromatic rings. The van der Waals surface area contributed by atoms with Crippen molar-refractivity contribution in [2.75, 3.05) is 31.6 Å². The van der Waals surface area contributed by atoms with Crippen LogP contribution in [0.1, 0.15) is 26.2 Å². The number of hydrogen-bond acceptors (Lipinski definition) is 3. The summed E-state index contributed by atoms with van der Waals surface area (Å²) >= 11 is 0. The standard InChI is InChI=1S/C16H24N2O2/c1-3-16(19)18(12-13-7-9-17-10-8-13)14-5-4-6-15(11-14)20-2/h4-6,11,13,17H,3,7-10,12H2,1-2H3. The largest absolute Gasteiger partial charge is 0.497 e. The van der Waals surface area contributed by atoms with Crippen molar-refractivity contribution in [1.29, 1.82) is 0 Å². The van der Waals surface area contributed by atoms with Gasteiger partial charge in [0.05, 0.1) is 7.11 Å². The number of nitrogens with one attached hydrogen (secondary N) is 1. The molecule has 4 nitrogen and oxygen atoms in total. The topological polar surface area (TPSA) is 41.6 Å². The number of carbonyl (C=O) groups excluding carboxylic acids is 1. The summed E-state index contributed by atoms with van der Waals surface area (Å²) in [6.07, 6.45) is 2.80. The van der Waals surface area contributed by atoms with Crippen molar-refractivity contribution in [3.05, 3.63) is 24.3 Å². The van der Waals surface area contributed by atoms with Crippen LogP contribution in [0.4, 0.5) is 5.69 Å². The quantitative estimate of drug-likeness (QED) is 0.898. The number of ether oxygens (including phenoxy) is 1. The number of anilines is 1. The van der Waals surface area contributed by atoms with Crippen molar-refractivity contribution in [3.63, 3.8) is 0 Å². The summed E-state index contributed by atoms with van der Waals surface area (Å²) in [5.41, 5.74) is 0.940. The molecule has 1 aliphatic rings. The van der Waals surface area contributed by atoms with Crippen molar-refractivity contribution >= 4 is 11.6 Å². The Hall–Kier alpha value is -1.55. The molecule has 1 fully saturated rings. The second-order valence-corrected chi connectivity index (χ2v) is 5.25. The van der Waals surface area contributed by atoms with Crippen LogP contribution in [0.2, 0.25) is 0 Å². The summed E-state index contributed by atoms with van der Waals surface area (Å²) < 4.78 is 5.26. The maximum absolute atomic E-state index is 12.3. The van der Waals surface area contributed by atoms with Crippen molar-refractivity contribution in [1.82, 2.24) is 5.32 Å². The molecule has 1 N–H and O–H groups in total. The highest BCUT2D eigenvalue weighted by molar-refractivity contribution is 5.93. The summed E-state index contributed by atoms with van der Waals surface area (Å²) in [7, 11) is 1.65. The van der Waals surface area contributed by atoms with E-state index < -0.39 is 0 Å². The smallest absolute Gasteiger partial charge is 0.226 e. The minimum absolute atomic E-state index is 0.178. The van der Waals surface area contributed by atoms with E-state index in [4.69, 9.17) is 4.74 Å². The number of piperidine rings is 1. The molecular weight excluding hydrogens is 252 g/mol. The van der Waals surface area contributed by atoms with Crippen LogP contribution in [0.15, 0.2) is 24.3 Å². The molecule has 0 atom stereocenters. The molecule has 1 aromatic carbocycles. The molecular formula is C16H24N2O2. The molecule has 2 rings (SSSR count). The Bertz CT molecular complexity index is 442. The Morgan fingerprint density at radius 1 is 1.40 bits per heavy atom. The van der Waals surface area contributed by atoms with Gasteiger partial charge in [0, 0.05) is 24.7 Å². The van der Waals surface area contributed by atoms with E-state index in [1.807, 2.05) is 36.1 Å². The van der Waals surface area contributed by atoms with Gasteiger partial charge in [0.1, 0.15) is 5.75 Å². The maximum Gasteiger partial charge on any atom is 0.226 e. The van der Waals surface area contributed by atoms with Crippen molar-refractivity contribution in [3.8, 4) is 5.75 Å². The van der Waals surface area contributed by atoms with Gasteiger partial charge in [-0.15, -0.1) is 0 Å². The fraction of sp³-hybridized carbons (Fsp3) is 0.562. The zero-order chi connectivity index (χ0) is 14.4. The fourth-order valence-corrected chi connectivity index (χ4v) is 2.64. The Morgan fingerprint density at radius 3 is 2.80 bits per heavy atom. The molecule has 0 unspecified atom stereocenters. The lowest BCUT2D eigenvalue weighted by molar-refractivity contribution is -0.118. The number of benzene rings is 1. The van der Waals surface area contributed by atoms with E-state index in [1.165, 1.54) is 0 Å². The molecule has 1 amide bonds. The molecule has 1 saturated heterocycles. The number of amides is 1. The predicted molar refractivity (Wildman–Crippen MR) is 81.2 cm³/mol. The molecule has 1 heterocycles. The minimum atomic E-state index is 0.178. The molecule has 0 aliphatic carbocycles. The van der Waals surface area contributed by atoms with Gasteiger partial charge in [-0.25, -0.2) is 0 Å². The zero-order valence-electron chi connectivity index (χ0n) is 12.4. The number of carbonyl (C=O) groups is 1. The lowest BCUT2D eigenvalue weighted by Gasteiger charge is -2.30. The van der Waals surface area contributed by atoms with E-state index in [9.17, 15) is 4.79 Å². The Morgan fingerprint density at radius 2 is 2.15 bits per heavy atom. The van der Waals surface area contributed by atoms with Crippen LogP contribution in [-0.2, 0) is 4.79 Å². The summed E-state index contributed by atoms with van der Waals surface area (Å²) in [6.45, 7) is 4.83. The van der Waals surface area contributed by atoms with Gasteiger partial charge in [0.25, 0.3) is 0 Å². The van der Waals surface area contributed by atoms with Gasteiger partial charge in [-0.3, -0.25) is 4.79 Å². The molecule has 110 valence electrons. The van der Waals surface area contributed by atoms with Gasteiger partial charge >= 0.3 is 0 Å².